The van der Waals surface area contributed by atoms with E-state index in [-0.39, 0.29) is 5.78 Å². The molecule has 17 heavy (non-hydrogen) atoms. The van der Waals surface area contributed by atoms with Crippen molar-refractivity contribution in [2.45, 2.75) is 26.4 Å². The van der Waals surface area contributed by atoms with Crippen LogP contribution in [0.4, 0.5) is 0 Å². The zero-order valence-electron chi connectivity index (χ0n) is 10.3. The molecule has 2 aromatic rings. The van der Waals surface area contributed by atoms with Gasteiger partial charge in [0.25, 0.3) is 0 Å². The van der Waals surface area contributed by atoms with Gasteiger partial charge in [0.1, 0.15) is 5.60 Å². The molecule has 2 rings (SSSR count). The quantitative estimate of drug-likeness (QED) is 0.802. The third-order valence-electron chi connectivity index (χ3n) is 2.81. The van der Waals surface area contributed by atoms with Gasteiger partial charge in [0, 0.05) is 5.56 Å². The second-order valence-electron chi connectivity index (χ2n) is 4.95. The van der Waals surface area contributed by atoms with Crippen LogP contribution in [0.25, 0.3) is 10.8 Å². The van der Waals surface area contributed by atoms with Crippen molar-refractivity contribution in [2.24, 2.45) is 0 Å². The molecule has 1 N–H and O–H groups in total. The molecule has 0 aliphatic carbocycles. The van der Waals surface area contributed by atoms with Gasteiger partial charge >= 0.3 is 0 Å². The van der Waals surface area contributed by atoms with Crippen molar-refractivity contribution in [3.05, 3.63) is 47.5 Å². The SMILES string of the molecule is Cc1ccc2cc(C(=O)C(C)(C)O)ccc2c1. The normalized spacial score (nSPS) is 11.8. The summed E-state index contributed by atoms with van der Waals surface area (Å²) in [5.74, 6) is -0.250. The molecule has 0 bridgehead atoms. The van der Waals surface area contributed by atoms with Crippen LogP contribution in [0.1, 0.15) is 29.8 Å². The van der Waals surface area contributed by atoms with E-state index in [0.717, 1.165) is 10.8 Å². The highest BCUT2D eigenvalue weighted by atomic mass is 16.3. The molecule has 0 unspecified atom stereocenters. The average molecular weight is 228 g/mol. The molecular weight excluding hydrogens is 212 g/mol. The average Bonchev–Trinajstić information content (AvgIpc) is 2.26. The number of ketones is 1. The van der Waals surface area contributed by atoms with E-state index >= 15 is 0 Å². The number of fused-ring (bicyclic) bond motifs is 1. The Labute approximate surface area is 101 Å². The Morgan fingerprint density at radius 3 is 2.29 bits per heavy atom. The third-order valence-corrected chi connectivity index (χ3v) is 2.81. The van der Waals surface area contributed by atoms with Gasteiger partial charge < -0.3 is 5.11 Å². The first-order valence-electron chi connectivity index (χ1n) is 5.65. The maximum atomic E-state index is 11.9. The molecule has 0 aromatic heterocycles. The zero-order chi connectivity index (χ0) is 12.6. The van der Waals surface area contributed by atoms with Gasteiger partial charge in [-0.2, -0.15) is 0 Å². The minimum absolute atomic E-state index is 0.250. The number of Topliss-reactive ketones (excluding diaryl/α,β-unsaturated/α-hetero) is 1. The van der Waals surface area contributed by atoms with Gasteiger partial charge in [0.2, 0.25) is 0 Å². The summed E-state index contributed by atoms with van der Waals surface area (Å²) in [5, 5.41) is 11.8. The molecule has 0 saturated carbocycles. The van der Waals surface area contributed by atoms with Crippen LogP contribution in [-0.4, -0.2) is 16.5 Å². The standard InChI is InChI=1S/C15H16O2/c1-10-4-5-12-9-13(7-6-11(12)8-10)14(16)15(2,3)17/h4-9,17H,1-3H3. The Balaban J connectivity index is 2.52. The van der Waals surface area contributed by atoms with Gasteiger partial charge in [-0.05, 0) is 37.6 Å². The van der Waals surface area contributed by atoms with Crippen molar-refractivity contribution >= 4 is 16.6 Å². The van der Waals surface area contributed by atoms with Crippen molar-refractivity contribution in [1.82, 2.24) is 0 Å². The number of aryl methyl sites for hydroxylation is 1. The van der Waals surface area contributed by atoms with E-state index in [2.05, 4.69) is 6.07 Å². The van der Waals surface area contributed by atoms with Crippen molar-refractivity contribution in [3.63, 3.8) is 0 Å². The fraction of sp³-hybridized carbons (Fsp3) is 0.267. The molecule has 0 amide bonds. The van der Waals surface area contributed by atoms with Crippen LogP contribution in [-0.2, 0) is 0 Å². The number of benzene rings is 2. The predicted molar refractivity (Wildman–Crippen MR) is 69.3 cm³/mol. The summed E-state index contributed by atoms with van der Waals surface area (Å²) in [4.78, 5) is 11.9. The fourth-order valence-corrected chi connectivity index (χ4v) is 1.86. The highest BCUT2D eigenvalue weighted by molar-refractivity contribution is 6.04. The van der Waals surface area contributed by atoms with E-state index in [9.17, 15) is 9.90 Å². The second kappa shape index (κ2) is 3.97. The summed E-state index contributed by atoms with van der Waals surface area (Å²) in [5.41, 5.74) is 0.422. The smallest absolute Gasteiger partial charge is 0.193 e. The summed E-state index contributed by atoms with van der Waals surface area (Å²) in [6, 6.07) is 11.6. The first-order valence-corrected chi connectivity index (χ1v) is 5.65. The van der Waals surface area contributed by atoms with Crippen LogP contribution in [0.3, 0.4) is 0 Å². The number of carbonyl (C=O) groups is 1. The molecule has 88 valence electrons. The van der Waals surface area contributed by atoms with E-state index in [4.69, 9.17) is 0 Å². The van der Waals surface area contributed by atoms with Gasteiger partial charge in [-0.15, -0.1) is 0 Å². The van der Waals surface area contributed by atoms with E-state index < -0.39 is 5.60 Å². The molecule has 0 spiro atoms. The van der Waals surface area contributed by atoms with Gasteiger partial charge in [0.15, 0.2) is 5.78 Å². The molecular formula is C15H16O2. The van der Waals surface area contributed by atoms with Gasteiger partial charge in [-0.25, -0.2) is 0 Å². The molecule has 0 saturated heterocycles. The number of hydrogen-bond donors (Lipinski definition) is 1. The minimum Gasteiger partial charge on any atom is -0.382 e. The first kappa shape index (κ1) is 11.8. The lowest BCUT2D eigenvalue weighted by atomic mass is 9.94. The molecule has 0 aliphatic heterocycles. The monoisotopic (exact) mass is 228 g/mol. The molecule has 0 fully saturated rings. The van der Waals surface area contributed by atoms with Crippen LogP contribution < -0.4 is 0 Å². The van der Waals surface area contributed by atoms with Crippen LogP contribution >= 0.6 is 0 Å². The van der Waals surface area contributed by atoms with Crippen molar-refractivity contribution in [3.8, 4) is 0 Å². The maximum absolute atomic E-state index is 11.9. The van der Waals surface area contributed by atoms with Gasteiger partial charge in [-0.3, -0.25) is 4.79 Å². The topological polar surface area (TPSA) is 37.3 Å². The van der Waals surface area contributed by atoms with E-state index in [0.29, 0.717) is 5.56 Å². The first-order chi connectivity index (χ1) is 7.88. The Hall–Kier alpha value is -1.67. The summed E-state index contributed by atoms with van der Waals surface area (Å²) in [7, 11) is 0. The molecule has 0 radical (unpaired) electrons. The van der Waals surface area contributed by atoms with Crippen LogP contribution in [0.2, 0.25) is 0 Å². The van der Waals surface area contributed by atoms with Gasteiger partial charge in [0.05, 0.1) is 0 Å². The molecule has 2 aromatic carbocycles. The summed E-state index contributed by atoms with van der Waals surface area (Å²) < 4.78 is 0. The van der Waals surface area contributed by atoms with Crippen LogP contribution in [0.15, 0.2) is 36.4 Å². The molecule has 0 atom stereocenters. The number of hydrogen-bond acceptors (Lipinski definition) is 2. The lowest BCUT2D eigenvalue weighted by molar-refractivity contribution is 0.0488. The van der Waals surface area contributed by atoms with Crippen molar-refractivity contribution in [1.29, 1.82) is 0 Å². The number of rotatable bonds is 2. The minimum atomic E-state index is -1.32. The zero-order valence-corrected chi connectivity index (χ0v) is 10.3. The van der Waals surface area contributed by atoms with E-state index in [1.165, 1.54) is 19.4 Å². The highest BCUT2D eigenvalue weighted by Crippen LogP contribution is 2.20. The molecule has 0 heterocycles. The summed E-state index contributed by atoms with van der Waals surface area (Å²) in [6.45, 7) is 5.05. The van der Waals surface area contributed by atoms with Crippen molar-refractivity contribution in [2.75, 3.05) is 0 Å². The largest absolute Gasteiger partial charge is 0.382 e. The highest BCUT2D eigenvalue weighted by Gasteiger charge is 2.25. The Bertz CT molecular complexity index is 577. The third kappa shape index (κ3) is 2.37. The van der Waals surface area contributed by atoms with Crippen LogP contribution in [0, 0.1) is 6.92 Å². The lowest BCUT2D eigenvalue weighted by Gasteiger charge is -2.15. The Kier molecular flexibility index (Phi) is 2.76. The summed E-state index contributed by atoms with van der Waals surface area (Å²) in [6.07, 6.45) is 0. The fourth-order valence-electron chi connectivity index (χ4n) is 1.86. The maximum Gasteiger partial charge on any atom is 0.193 e. The van der Waals surface area contributed by atoms with Crippen molar-refractivity contribution < 1.29 is 9.90 Å². The molecule has 0 aliphatic rings. The van der Waals surface area contributed by atoms with E-state index in [1.54, 1.807) is 6.07 Å². The number of carbonyl (C=O) groups excluding carboxylic acids is 1. The molecule has 2 heteroatoms. The Morgan fingerprint density at radius 2 is 1.65 bits per heavy atom. The Morgan fingerprint density at radius 1 is 1.06 bits per heavy atom. The molecule has 2 nitrogen and oxygen atoms in total. The summed E-state index contributed by atoms with van der Waals surface area (Å²) >= 11 is 0. The second-order valence-corrected chi connectivity index (χ2v) is 4.95. The van der Waals surface area contributed by atoms with Crippen LogP contribution in [0.5, 0.6) is 0 Å². The predicted octanol–water partition coefficient (Wildman–Crippen LogP) is 3.10. The number of aliphatic hydroxyl groups is 1. The van der Waals surface area contributed by atoms with E-state index in [1.807, 2.05) is 31.2 Å². The lowest BCUT2D eigenvalue weighted by Crippen LogP contribution is -2.30. The van der Waals surface area contributed by atoms with Gasteiger partial charge in [-0.1, -0.05) is 35.9 Å².